The maximum Gasteiger partial charge on any atom is 0.181 e. The molecule has 0 fully saturated rings. The average Bonchev–Trinajstić information content (AvgIpc) is 2.46. The second kappa shape index (κ2) is 10.6. The van der Waals surface area contributed by atoms with Crippen LogP contribution in [0.2, 0.25) is 0 Å². The van der Waals surface area contributed by atoms with Crippen molar-refractivity contribution in [2.24, 2.45) is 5.73 Å². The van der Waals surface area contributed by atoms with Crippen LogP contribution in [0.1, 0.15) is 52.9 Å². The quantitative estimate of drug-likeness (QED) is 0.413. The minimum absolute atomic E-state index is 0.00833. The lowest BCUT2D eigenvalue weighted by Gasteiger charge is -2.27. The maximum absolute atomic E-state index is 12.7. The molecule has 0 saturated carbocycles. The van der Waals surface area contributed by atoms with Crippen LogP contribution in [-0.2, 0) is 14.6 Å². The van der Waals surface area contributed by atoms with Crippen LogP contribution in [0.3, 0.4) is 0 Å². The molecule has 0 atom stereocenters. The molecule has 5 nitrogen and oxygen atoms in total. The number of carbonyl (C=O) groups excluding carboxylic acids is 1. The van der Waals surface area contributed by atoms with E-state index in [1.807, 2.05) is 13.8 Å². The van der Waals surface area contributed by atoms with E-state index in [1.165, 1.54) is 12.2 Å². The molecule has 0 rings (SSSR count). The molecular weight excluding hydrogens is 326 g/mol. The average molecular weight is 358 g/mol. The van der Waals surface area contributed by atoms with Gasteiger partial charge in [-0.25, -0.2) is 8.42 Å². The van der Waals surface area contributed by atoms with Gasteiger partial charge in [-0.3, -0.25) is 4.79 Å². The molecular formula is C18H31NO4S. The summed E-state index contributed by atoms with van der Waals surface area (Å²) in [5.41, 5.74) is 4.19. The fourth-order valence-corrected chi connectivity index (χ4v) is 4.41. The number of aliphatic hydroxyl groups is 1. The topological polar surface area (TPSA) is 97.5 Å². The molecule has 0 aliphatic rings. The van der Waals surface area contributed by atoms with Crippen molar-refractivity contribution in [2.45, 2.75) is 58.5 Å². The number of carbonyl (C=O) groups is 1. The van der Waals surface area contributed by atoms with Crippen LogP contribution in [0.25, 0.3) is 0 Å². The highest BCUT2D eigenvalue weighted by Crippen LogP contribution is 2.25. The van der Waals surface area contributed by atoms with Gasteiger partial charge in [-0.05, 0) is 38.5 Å². The fourth-order valence-electron chi connectivity index (χ4n) is 2.59. The molecule has 0 bridgehead atoms. The Morgan fingerprint density at radius 3 is 2.21 bits per heavy atom. The van der Waals surface area contributed by atoms with Crippen molar-refractivity contribution in [1.82, 2.24) is 0 Å². The first-order valence-corrected chi connectivity index (χ1v) is 10.0. The largest absolute Gasteiger partial charge is 0.389 e. The van der Waals surface area contributed by atoms with E-state index >= 15 is 0 Å². The van der Waals surface area contributed by atoms with E-state index in [0.29, 0.717) is 25.7 Å². The van der Waals surface area contributed by atoms with Gasteiger partial charge in [0.2, 0.25) is 0 Å². The Balaban J connectivity index is 5.63. The van der Waals surface area contributed by atoms with E-state index in [1.54, 1.807) is 13.0 Å². The zero-order valence-electron chi connectivity index (χ0n) is 15.0. The summed E-state index contributed by atoms with van der Waals surface area (Å²) in [5, 5.41) is 10.7. The van der Waals surface area contributed by atoms with Crippen molar-refractivity contribution in [2.75, 3.05) is 12.3 Å². The molecule has 138 valence electrons. The number of hydrogen-bond acceptors (Lipinski definition) is 5. The molecule has 0 aliphatic heterocycles. The lowest BCUT2D eigenvalue weighted by atomic mass is 9.95. The molecule has 0 aromatic carbocycles. The minimum Gasteiger partial charge on any atom is -0.389 e. The molecule has 0 aromatic rings. The smallest absolute Gasteiger partial charge is 0.181 e. The highest BCUT2D eigenvalue weighted by Gasteiger charge is 2.33. The van der Waals surface area contributed by atoms with Crippen molar-refractivity contribution in [1.29, 1.82) is 0 Å². The second-order valence-electron chi connectivity index (χ2n) is 6.02. The predicted molar refractivity (Wildman–Crippen MR) is 99.3 cm³/mol. The first-order chi connectivity index (χ1) is 11.2. The standard InChI is InChI=1S/C18H31NO4S/c1-5-8-16(13-15(4)17(20)9-12-19)24(22,23)14-18(21,10-6-2)11-7-3/h5,8,13,21H,4,6-7,9-12,14,19H2,1-3H3. The zero-order chi connectivity index (χ0) is 18.8. The first kappa shape index (κ1) is 22.8. The number of Topliss-reactive ketones (excluding diaryl/α,β-unsaturated/α-hetero) is 1. The van der Waals surface area contributed by atoms with Crippen LogP contribution in [0.5, 0.6) is 0 Å². The Bertz CT molecular complexity index is 582. The molecule has 0 heterocycles. The van der Waals surface area contributed by atoms with E-state index in [0.717, 1.165) is 0 Å². The van der Waals surface area contributed by atoms with Gasteiger partial charge in [0, 0.05) is 12.0 Å². The number of sulfone groups is 1. The van der Waals surface area contributed by atoms with E-state index in [-0.39, 0.29) is 35.0 Å². The molecule has 0 unspecified atom stereocenters. The molecule has 0 spiro atoms. The number of nitrogens with two attached hydrogens (primary N) is 1. The Kier molecular flexibility index (Phi) is 10.0. The van der Waals surface area contributed by atoms with Crippen LogP contribution in [0, 0.1) is 0 Å². The lowest BCUT2D eigenvalue weighted by Crippen LogP contribution is -2.37. The summed E-state index contributed by atoms with van der Waals surface area (Å²) >= 11 is 0. The summed E-state index contributed by atoms with van der Waals surface area (Å²) in [6, 6.07) is 0. The third kappa shape index (κ3) is 7.55. The summed E-state index contributed by atoms with van der Waals surface area (Å²) in [6.07, 6.45) is 6.61. The van der Waals surface area contributed by atoms with E-state index < -0.39 is 15.4 Å². The van der Waals surface area contributed by atoms with Gasteiger partial charge in [0.25, 0.3) is 0 Å². The molecule has 24 heavy (non-hydrogen) atoms. The molecule has 0 amide bonds. The summed E-state index contributed by atoms with van der Waals surface area (Å²) in [5.74, 6) is -0.650. The van der Waals surface area contributed by atoms with E-state index in [9.17, 15) is 18.3 Å². The number of ketones is 1. The Morgan fingerprint density at radius 1 is 1.25 bits per heavy atom. The van der Waals surface area contributed by atoms with Crippen LogP contribution in [0.15, 0.2) is 35.3 Å². The lowest BCUT2D eigenvalue weighted by molar-refractivity contribution is -0.115. The predicted octanol–water partition coefficient (Wildman–Crippen LogP) is 2.67. The molecule has 6 heteroatoms. The normalized spacial score (nSPS) is 13.5. The molecule has 3 N–H and O–H groups in total. The first-order valence-electron chi connectivity index (χ1n) is 8.37. The minimum atomic E-state index is -3.75. The molecule has 0 aromatic heterocycles. The molecule has 0 radical (unpaired) electrons. The van der Waals surface area contributed by atoms with Crippen molar-refractivity contribution >= 4 is 15.6 Å². The van der Waals surface area contributed by atoms with Crippen molar-refractivity contribution < 1.29 is 18.3 Å². The van der Waals surface area contributed by atoms with Gasteiger partial charge in [-0.15, -0.1) is 0 Å². The van der Waals surface area contributed by atoms with Gasteiger partial charge >= 0.3 is 0 Å². The number of allylic oxidation sites excluding steroid dienone is 4. The highest BCUT2D eigenvalue weighted by molar-refractivity contribution is 7.95. The van der Waals surface area contributed by atoms with Crippen LogP contribution >= 0.6 is 0 Å². The summed E-state index contributed by atoms with van der Waals surface area (Å²) in [6.45, 7) is 9.32. The van der Waals surface area contributed by atoms with E-state index in [2.05, 4.69) is 6.58 Å². The van der Waals surface area contributed by atoms with Crippen LogP contribution in [0.4, 0.5) is 0 Å². The van der Waals surface area contributed by atoms with Crippen molar-refractivity contribution in [3.05, 3.63) is 35.3 Å². The number of hydrogen-bond donors (Lipinski definition) is 2. The van der Waals surface area contributed by atoms with E-state index in [4.69, 9.17) is 5.73 Å². The Hall–Kier alpha value is -1.24. The van der Waals surface area contributed by atoms with Gasteiger partial charge in [-0.1, -0.05) is 39.3 Å². The van der Waals surface area contributed by atoms with Crippen LogP contribution in [-0.4, -0.2) is 37.2 Å². The fraction of sp³-hybridized carbons (Fsp3) is 0.611. The number of rotatable bonds is 12. The monoisotopic (exact) mass is 357 g/mol. The SMILES string of the molecule is C=C(C=C(C=CC)S(=O)(=O)CC(O)(CCC)CCC)C(=O)CCN. The Morgan fingerprint density at radius 2 is 1.79 bits per heavy atom. The van der Waals surface area contributed by atoms with Crippen LogP contribution < -0.4 is 5.73 Å². The van der Waals surface area contributed by atoms with Crippen molar-refractivity contribution in [3.8, 4) is 0 Å². The van der Waals surface area contributed by atoms with Gasteiger partial charge in [0.1, 0.15) is 0 Å². The van der Waals surface area contributed by atoms with Gasteiger partial charge in [0.05, 0.1) is 16.3 Å². The summed E-state index contributed by atoms with van der Waals surface area (Å²) in [4.78, 5) is 11.8. The summed E-state index contributed by atoms with van der Waals surface area (Å²) in [7, 11) is -3.75. The third-order valence-electron chi connectivity index (χ3n) is 3.63. The maximum atomic E-state index is 12.7. The Labute approximate surface area is 146 Å². The van der Waals surface area contributed by atoms with Gasteiger partial charge in [-0.2, -0.15) is 0 Å². The summed E-state index contributed by atoms with van der Waals surface area (Å²) < 4.78 is 25.5. The van der Waals surface area contributed by atoms with Gasteiger partial charge in [0.15, 0.2) is 15.6 Å². The third-order valence-corrected chi connectivity index (χ3v) is 5.52. The molecule has 0 saturated heterocycles. The molecule has 0 aliphatic carbocycles. The highest BCUT2D eigenvalue weighted by atomic mass is 32.2. The second-order valence-corrected chi connectivity index (χ2v) is 8.01. The zero-order valence-corrected chi connectivity index (χ0v) is 15.9. The van der Waals surface area contributed by atoms with Crippen molar-refractivity contribution in [3.63, 3.8) is 0 Å². The van der Waals surface area contributed by atoms with Gasteiger partial charge < -0.3 is 10.8 Å².